The van der Waals surface area contributed by atoms with Gasteiger partial charge in [-0.25, -0.2) is 4.98 Å². The van der Waals surface area contributed by atoms with E-state index in [1.807, 2.05) is 72.8 Å². The Kier molecular flexibility index (Phi) is 4.67. The lowest BCUT2D eigenvalue weighted by atomic mass is 10.1. The Morgan fingerprint density at radius 1 is 0.788 bits per heavy atom. The summed E-state index contributed by atoms with van der Waals surface area (Å²) in [6.07, 6.45) is 5.01. The molecule has 0 spiro atoms. The normalized spacial score (nSPS) is 16.9. The Morgan fingerprint density at radius 3 is 2.24 bits per heavy atom. The van der Waals surface area contributed by atoms with Crippen LogP contribution in [-0.4, -0.2) is 9.55 Å². The number of hydrogen-bond donors (Lipinski definition) is 0. The highest BCUT2D eigenvalue weighted by Gasteiger charge is 2.39. The topological polar surface area (TPSA) is 34.9 Å². The molecule has 1 aliphatic rings. The fourth-order valence-corrected chi connectivity index (χ4v) is 7.82. The molecule has 6 rings (SSSR count). The highest BCUT2D eigenvalue weighted by atomic mass is 31.2. The zero-order valence-electron chi connectivity index (χ0n) is 18.3. The van der Waals surface area contributed by atoms with Crippen LogP contribution in [0.15, 0.2) is 97.1 Å². The maximum atomic E-state index is 15.0. The van der Waals surface area contributed by atoms with Crippen molar-refractivity contribution < 1.29 is 4.57 Å². The van der Waals surface area contributed by atoms with Gasteiger partial charge < -0.3 is 4.57 Å². The maximum absolute atomic E-state index is 15.0. The lowest BCUT2D eigenvalue weighted by Crippen LogP contribution is -2.33. The SMILES string of the molecule is CCc1nc2c(/C=C/c3ccccc3)ccc3c2n1-c1ccccc1P3(=O)c1ccccc1. The smallest absolute Gasteiger partial charge is 0.175 e. The van der Waals surface area contributed by atoms with Crippen LogP contribution in [0.3, 0.4) is 0 Å². The molecule has 0 saturated heterocycles. The first-order valence-electron chi connectivity index (χ1n) is 11.3. The summed E-state index contributed by atoms with van der Waals surface area (Å²) in [6.45, 7) is 2.12. The van der Waals surface area contributed by atoms with E-state index in [0.29, 0.717) is 0 Å². The van der Waals surface area contributed by atoms with Crippen molar-refractivity contribution in [1.29, 1.82) is 0 Å². The third-order valence-corrected chi connectivity index (χ3v) is 9.50. The number of imidazole rings is 1. The standard InChI is InChI=1S/C29H23N2OP/c1-2-27-30-28-22(18-17-21-11-5-3-6-12-21)19-20-26-29(28)31(27)24-15-9-10-16-25(24)33(26,32)23-13-7-4-8-14-23/h3-20H,2H2,1H3/b18-17+. The maximum Gasteiger partial charge on any atom is 0.175 e. The molecule has 5 aromatic rings. The molecule has 160 valence electrons. The molecule has 3 nitrogen and oxygen atoms in total. The molecular formula is C29H23N2OP. The van der Waals surface area contributed by atoms with Gasteiger partial charge >= 0.3 is 0 Å². The van der Waals surface area contributed by atoms with E-state index >= 15 is 0 Å². The van der Waals surface area contributed by atoms with Crippen LogP contribution in [0, 0.1) is 0 Å². The molecule has 1 aromatic heterocycles. The molecule has 4 heteroatoms. The molecule has 0 radical (unpaired) electrons. The minimum absolute atomic E-state index is 0.792. The van der Waals surface area contributed by atoms with Crippen LogP contribution in [0.4, 0.5) is 0 Å². The van der Waals surface area contributed by atoms with Crippen molar-refractivity contribution in [3.05, 3.63) is 114 Å². The first-order chi connectivity index (χ1) is 16.2. The highest BCUT2D eigenvalue weighted by Crippen LogP contribution is 2.49. The highest BCUT2D eigenvalue weighted by molar-refractivity contribution is 7.86. The Bertz CT molecular complexity index is 1570. The predicted molar refractivity (Wildman–Crippen MR) is 139 cm³/mol. The van der Waals surface area contributed by atoms with E-state index in [2.05, 4.69) is 47.9 Å². The third-order valence-electron chi connectivity index (χ3n) is 6.38. The number of rotatable bonds is 4. The first-order valence-corrected chi connectivity index (χ1v) is 13.0. The van der Waals surface area contributed by atoms with Crippen molar-refractivity contribution in [1.82, 2.24) is 9.55 Å². The van der Waals surface area contributed by atoms with E-state index in [0.717, 1.165) is 56.0 Å². The van der Waals surface area contributed by atoms with E-state index < -0.39 is 7.14 Å². The van der Waals surface area contributed by atoms with Crippen molar-refractivity contribution in [2.75, 3.05) is 0 Å². The summed E-state index contributed by atoms with van der Waals surface area (Å²) in [5.41, 5.74) is 5.01. The summed E-state index contributed by atoms with van der Waals surface area (Å²) >= 11 is 0. The fraction of sp³-hybridized carbons (Fsp3) is 0.0690. The van der Waals surface area contributed by atoms with Crippen molar-refractivity contribution in [3.63, 3.8) is 0 Å². The minimum atomic E-state index is -3.04. The number of fused-ring (bicyclic) bond motifs is 2. The molecule has 0 bridgehead atoms. The fourth-order valence-electron chi connectivity index (χ4n) is 4.83. The third kappa shape index (κ3) is 2.97. The van der Waals surface area contributed by atoms with Crippen molar-refractivity contribution in [2.24, 2.45) is 0 Å². The summed E-state index contributed by atoms with van der Waals surface area (Å²) in [4.78, 5) is 5.06. The van der Waals surface area contributed by atoms with E-state index in [1.165, 1.54) is 0 Å². The van der Waals surface area contributed by atoms with Gasteiger partial charge in [-0.2, -0.15) is 0 Å². The van der Waals surface area contributed by atoms with E-state index in [1.54, 1.807) is 0 Å². The van der Waals surface area contributed by atoms with Gasteiger partial charge in [0.2, 0.25) is 0 Å². The molecule has 0 fully saturated rings. The quantitative estimate of drug-likeness (QED) is 0.257. The predicted octanol–water partition coefficient (Wildman–Crippen LogP) is 5.71. The Hall–Kier alpha value is -3.68. The number of aryl methyl sites for hydroxylation is 1. The zero-order chi connectivity index (χ0) is 22.4. The molecule has 0 aliphatic carbocycles. The van der Waals surface area contributed by atoms with Crippen LogP contribution < -0.4 is 15.9 Å². The number of para-hydroxylation sites is 1. The van der Waals surface area contributed by atoms with Gasteiger partial charge in [0.1, 0.15) is 5.82 Å². The van der Waals surface area contributed by atoms with Crippen molar-refractivity contribution in [2.45, 2.75) is 13.3 Å². The van der Waals surface area contributed by atoms with Gasteiger partial charge in [-0.1, -0.05) is 97.9 Å². The number of benzene rings is 4. The Morgan fingerprint density at radius 2 is 1.48 bits per heavy atom. The second-order valence-electron chi connectivity index (χ2n) is 8.27. The number of aromatic nitrogens is 2. The summed E-state index contributed by atoms with van der Waals surface area (Å²) < 4.78 is 17.2. The summed E-state index contributed by atoms with van der Waals surface area (Å²) in [7, 11) is -3.04. The Balaban J connectivity index is 1.68. The second kappa shape index (κ2) is 7.72. The summed E-state index contributed by atoms with van der Waals surface area (Å²) in [6, 6.07) is 32.3. The van der Waals surface area contributed by atoms with Crippen molar-refractivity contribution >= 4 is 46.2 Å². The van der Waals surface area contributed by atoms with Gasteiger partial charge in [-0.15, -0.1) is 0 Å². The van der Waals surface area contributed by atoms with Crippen molar-refractivity contribution in [3.8, 4) is 5.69 Å². The monoisotopic (exact) mass is 446 g/mol. The molecule has 0 saturated carbocycles. The van der Waals surface area contributed by atoms with E-state index in [4.69, 9.17) is 4.98 Å². The second-order valence-corrected chi connectivity index (χ2v) is 11.0. The molecule has 2 heterocycles. The largest absolute Gasteiger partial charge is 0.308 e. The van der Waals surface area contributed by atoms with Gasteiger partial charge in [0.15, 0.2) is 7.14 Å². The molecule has 1 atom stereocenters. The number of nitrogens with zero attached hydrogens (tertiary/aromatic N) is 2. The Labute approximate surface area is 193 Å². The average molecular weight is 446 g/mol. The van der Waals surface area contributed by atoms with Gasteiger partial charge in [0, 0.05) is 27.9 Å². The molecule has 4 aromatic carbocycles. The van der Waals surface area contributed by atoms with Gasteiger partial charge in [-0.3, -0.25) is 4.57 Å². The van der Waals surface area contributed by atoms with Crippen LogP contribution in [0.25, 0.3) is 28.9 Å². The van der Waals surface area contributed by atoms with Crippen LogP contribution in [-0.2, 0) is 11.0 Å². The first kappa shape index (κ1) is 20.0. The van der Waals surface area contributed by atoms with Crippen LogP contribution in [0.2, 0.25) is 0 Å². The molecular weight excluding hydrogens is 423 g/mol. The molecule has 1 unspecified atom stereocenters. The van der Waals surface area contributed by atoms with Gasteiger partial charge in [0.05, 0.1) is 16.7 Å². The molecule has 33 heavy (non-hydrogen) atoms. The van der Waals surface area contributed by atoms with Gasteiger partial charge in [-0.05, 0) is 23.8 Å². The number of hydrogen-bond acceptors (Lipinski definition) is 2. The van der Waals surface area contributed by atoms with Crippen LogP contribution >= 0.6 is 7.14 Å². The van der Waals surface area contributed by atoms with E-state index in [9.17, 15) is 4.57 Å². The van der Waals surface area contributed by atoms with Gasteiger partial charge in [0.25, 0.3) is 0 Å². The lowest BCUT2D eigenvalue weighted by molar-refractivity contribution is 0.592. The lowest BCUT2D eigenvalue weighted by Gasteiger charge is -2.29. The average Bonchev–Trinajstić information content (AvgIpc) is 3.28. The summed E-state index contributed by atoms with van der Waals surface area (Å²) in [5.74, 6) is 0.985. The molecule has 0 N–H and O–H groups in total. The minimum Gasteiger partial charge on any atom is -0.308 e. The zero-order valence-corrected chi connectivity index (χ0v) is 19.2. The van der Waals surface area contributed by atoms with Crippen LogP contribution in [0.1, 0.15) is 23.9 Å². The van der Waals surface area contributed by atoms with Crippen LogP contribution in [0.5, 0.6) is 0 Å². The molecule has 1 aliphatic heterocycles. The summed E-state index contributed by atoms with van der Waals surface area (Å²) in [5, 5.41) is 2.61. The molecule has 0 amide bonds. The van der Waals surface area contributed by atoms with E-state index in [-0.39, 0.29) is 0 Å².